The van der Waals surface area contributed by atoms with Crippen molar-refractivity contribution >= 4 is 17.5 Å². The van der Waals surface area contributed by atoms with Gasteiger partial charge in [0.1, 0.15) is 0 Å². The number of aromatic nitrogens is 2. The van der Waals surface area contributed by atoms with E-state index in [9.17, 15) is 4.79 Å². The number of hydrogen-bond acceptors (Lipinski definition) is 3. The average molecular weight is 307 g/mol. The number of benzene rings is 1. The third-order valence-corrected chi connectivity index (χ3v) is 3.40. The SMILES string of the molecule is CCc1c(C(=O)NCCCN)cnn1-c1cccc(Cl)c1. The van der Waals surface area contributed by atoms with Gasteiger partial charge in [-0.3, -0.25) is 4.79 Å². The molecule has 112 valence electrons. The first kappa shape index (κ1) is 15.5. The maximum absolute atomic E-state index is 12.2. The van der Waals surface area contributed by atoms with Gasteiger partial charge in [0, 0.05) is 11.6 Å². The highest BCUT2D eigenvalue weighted by Gasteiger charge is 2.16. The molecule has 0 saturated carbocycles. The number of nitrogens with two attached hydrogens (primary N) is 1. The van der Waals surface area contributed by atoms with Crippen LogP contribution in [-0.4, -0.2) is 28.8 Å². The van der Waals surface area contributed by atoms with Crippen LogP contribution in [0.5, 0.6) is 0 Å². The first-order valence-corrected chi connectivity index (χ1v) is 7.36. The minimum atomic E-state index is -0.117. The molecule has 0 aliphatic carbocycles. The molecule has 0 aliphatic heterocycles. The highest BCUT2D eigenvalue weighted by Crippen LogP contribution is 2.19. The number of amides is 1. The summed E-state index contributed by atoms with van der Waals surface area (Å²) in [5.74, 6) is -0.117. The molecule has 2 rings (SSSR count). The van der Waals surface area contributed by atoms with Crippen LogP contribution >= 0.6 is 11.6 Å². The van der Waals surface area contributed by atoms with Crippen molar-refractivity contribution < 1.29 is 4.79 Å². The fraction of sp³-hybridized carbons (Fsp3) is 0.333. The van der Waals surface area contributed by atoms with Crippen molar-refractivity contribution in [3.63, 3.8) is 0 Å². The molecule has 0 fully saturated rings. The smallest absolute Gasteiger partial charge is 0.254 e. The maximum Gasteiger partial charge on any atom is 0.254 e. The van der Waals surface area contributed by atoms with Crippen molar-refractivity contribution in [1.29, 1.82) is 0 Å². The summed E-state index contributed by atoms with van der Waals surface area (Å²) in [7, 11) is 0. The van der Waals surface area contributed by atoms with Crippen molar-refractivity contribution in [2.45, 2.75) is 19.8 Å². The van der Waals surface area contributed by atoms with Gasteiger partial charge in [-0.1, -0.05) is 24.6 Å². The zero-order valence-electron chi connectivity index (χ0n) is 12.0. The van der Waals surface area contributed by atoms with Crippen molar-refractivity contribution in [2.75, 3.05) is 13.1 Å². The molecule has 1 aromatic heterocycles. The van der Waals surface area contributed by atoms with E-state index in [4.69, 9.17) is 17.3 Å². The zero-order chi connectivity index (χ0) is 15.2. The molecule has 1 aromatic carbocycles. The van der Waals surface area contributed by atoms with Gasteiger partial charge in [-0.15, -0.1) is 0 Å². The number of carbonyl (C=O) groups excluding carboxylic acids is 1. The summed E-state index contributed by atoms with van der Waals surface area (Å²) in [6, 6.07) is 7.40. The molecule has 21 heavy (non-hydrogen) atoms. The third kappa shape index (κ3) is 3.62. The third-order valence-electron chi connectivity index (χ3n) is 3.17. The van der Waals surface area contributed by atoms with Crippen molar-refractivity contribution in [3.05, 3.63) is 46.7 Å². The Morgan fingerprint density at radius 2 is 2.29 bits per heavy atom. The fourth-order valence-electron chi connectivity index (χ4n) is 2.13. The summed E-state index contributed by atoms with van der Waals surface area (Å²) < 4.78 is 1.75. The predicted molar refractivity (Wildman–Crippen MR) is 84.0 cm³/mol. The summed E-state index contributed by atoms with van der Waals surface area (Å²) >= 11 is 6.01. The molecule has 0 atom stereocenters. The summed E-state index contributed by atoms with van der Waals surface area (Å²) in [6.07, 6.45) is 3.05. The Morgan fingerprint density at radius 1 is 1.48 bits per heavy atom. The number of nitrogens with one attached hydrogen (secondary N) is 1. The maximum atomic E-state index is 12.2. The van der Waals surface area contributed by atoms with Gasteiger partial charge in [0.2, 0.25) is 0 Å². The number of hydrogen-bond donors (Lipinski definition) is 2. The van der Waals surface area contributed by atoms with Gasteiger partial charge in [-0.05, 0) is 37.6 Å². The van der Waals surface area contributed by atoms with Crippen LogP contribution < -0.4 is 11.1 Å². The molecule has 0 saturated heterocycles. The van der Waals surface area contributed by atoms with E-state index in [2.05, 4.69) is 10.4 Å². The topological polar surface area (TPSA) is 72.9 Å². The van der Waals surface area contributed by atoms with E-state index in [0.29, 0.717) is 30.1 Å². The predicted octanol–water partition coefficient (Wildman–Crippen LogP) is 2.17. The lowest BCUT2D eigenvalue weighted by Gasteiger charge is -2.08. The second-order valence-corrected chi connectivity index (χ2v) is 5.08. The van der Waals surface area contributed by atoms with E-state index >= 15 is 0 Å². The van der Waals surface area contributed by atoms with E-state index in [1.807, 2.05) is 25.1 Å². The standard InChI is InChI=1S/C15H19ClN4O/c1-2-14-13(15(21)18-8-4-7-17)10-19-20(14)12-6-3-5-11(16)9-12/h3,5-6,9-10H,2,4,7-8,17H2,1H3,(H,18,21). The molecular weight excluding hydrogens is 288 g/mol. The van der Waals surface area contributed by atoms with Gasteiger partial charge < -0.3 is 11.1 Å². The van der Waals surface area contributed by atoms with Crippen LogP contribution in [-0.2, 0) is 6.42 Å². The van der Waals surface area contributed by atoms with Crippen LogP contribution in [0.3, 0.4) is 0 Å². The van der Waals surface area contributed by atoms with Gasteiger partial charge in [-0.25, -0.2) is 4.68 Å². The summed E-state index contributed by atoms with van der Waals surface area (Å²) in [5.41, 5.74) is 7.73. The molecule has 0 aliphatic rings. The average Bonchev–Trinajstić information content (AvgIpc) is 2.91. The number of carbonyl (C=O) groups is 1. The lowest BCUT2D eigenvalue weighted by molar-refractivity contribution is 0.0952. The minimum absolute atomic E-state index is 0.117. The first-order chi connectivity index (χ1) is 10.2. The summed E-state index contributed by atoms with van der Waals surface area (Å²) in [5, 5.41) is 7.81. The summed E-state index contributed by atoms with van der Waals surface area (Å²) in [4.78, 5) is 12.2. The molecule has 5 nitrogen and oxygen atoms in total. The van der Waals surface area contributed by atoms with Crippen LogP contribution in [0.25, 0.3) is 5.69 Å². The van der Waals surface area contributed by atoms with Crippen molar-refractivity contribution in [1.82, 2.24) is 15.1 Å². The van der Waals surface area contributed by atoms with Crippen molar-refractivity contribution in [3.8, 4) is 5.69 Å². The molecule has 0 unspecified atom stereocenters. The quantitative estimate of drug-likeness (QED) is 0.803. The monoisotopic (exact) mass is 306 g/mol. The Balaban J connectivity index is 2.28. The summed E-state index contributed by atoms with van der Waals surface area (Å²) in [6.45, 7) is 3.12. The van der Waals surface area contributed by atoms with Crippen LogP contribution in [0.1, 0.15) is 29.4 Å². The van der Waals surface area contributed by atoms with Gasteiger partial charge in [-0.2, -0.15) is 5.10 Å². The second-order valence-electron chi connectivity index (χ2n) is 4.65. The van der Waals surface area contributed by atoms with Crippen molar-refractivity contribution in [2.24, 2.45) is 5.73 Å². The van der Waals surface area contributed by atoms with Gasteiger partial charge >= 0.3 is 0 Å². The lowest BCUT2D eigenvalue weighted by Crippen LogP contribution is -2.26. The molecule has 0 bridgehead atoms. The highest BCUT2D eigenvalue weighted by molar-refractivity contribution is 6.30. The number of nitrogens with zero attached hydrogens (tertiary/aromatic N) is 2. The minimum Gasteiger partial charge on any atom is -0.352 e. The highest BCUT2D eigenvalue weighted by atomic mass is 35.5. The largest absolute Gasteiger partial charge is 0.352 e. The van der Waals surface area contributed by atoms with Crippen LogP contribution in [0.2, 0.25) is 5.02 Å². The van der Waals surface area contributed by atoms with E-state index in [-0.39, 0.29) is 5.91 Å². The Hall–Kier alpha value is -1.85. The second kappa shape index (κ2) is 7.24. The molecule has 1 amide bonds. The molecule has 1 heterocycles. The van der Waals surface area contributed by atoms with Gasteiger partial charge in [0.25, 0.3) is 5.91 Å². The van der Waals surface area contributed by atoms with Gasteiger partial charge in [0.05, 0.1) is 23.1 Å². The Bertz CT molecular complexity index is 624. The fourth-order valence-corrected chi connectivity index (χ4v) is 2.32. The van der Waals surface area contributed by atoms with E-state index in [1.54, 1.807) is 16.9 Å². The van der Waals surface area contributed by atoms with E-state index < -0.39 is 0 Å². The number of rotatable bonds is 6. The molecule has 0 spiro atoms. The molecular formula is C15H19ClN4O. The van der Waals surface area contributed by atoms with Gasteiger partial charge in [0.15, 0.2) is 0 Å². The van der Waals surface area contributed by atoms with E-state index in [1.165, 1.54) is 0 Å². The number of halogens is 1. The first-order valence-electron chi connectivity index (χ1n) is 6.98. The zero-order valence-corrected chi connectivity index (χ0v) is 12.7. The Kier molecular flexibility index (Phi) is 5.36. The molecule has 0 radical (unpaired) electrons. The molecule has 3 N–H and O–H groups in total. The van der Waals surface area contributed by atoms with Crippen LogP contribution in [0.15, 0.2) is 30.5 Å². The molecule has 6 heteroatoms. The normalized spacial score (nSPS) is 10.6. The Labute approximate surface area is 129 Å². The lowest BCUT2D eigenvalue weighted by atomic mass is 10.2. The molecule has 2 aromatic rings. The Morgan fingerprint density at radius 3 is 2.95 bits per heavy atom. The van der Waals surface area contributed by atoms with Crippen LogP contribution in [0.4, 0.5) is 0 Å². The van der Waals surface area contributed by atoms with E-state index in [0.717, 1.165) is 17.8 Å². The van der Waals surface area contributed by atoms with Crippen LogP contribution in [0, 0.1) is 0 Å².